The lowest BCUT2D eigenvalue weighted by Gasteiger charge is -2.15. The quantitative estimate of drug-likeness (QED) is 0.709. The fourth-order valence-corrected chi connectivity index (χ4v) is 1.98. The Balaban J connectivity index is 2.34. The molecule has 0 spiro atoms. The maximum Gasteiger partial charge on any atom is 0.354 e. The summed E-state index contributed by atoms with van der Waals surface area (Å²) in [5.41, 5.74) is 1.16. The summed E-state index contributed by atoms with van der Waals surface area (Å²) in [7, 11) is 2.39. The van der Waals surface area contributed by atoms with Gasteiger partial charge in [0.2, 0.25) is 0 Å². The van der Waals surface area contributed by atoms with E-state index < -0.39 is 24.1 Å². The van der Waals surface area contributed by atoms with E-state index >= 15 is 0 Å². The Morgan fingerprint density at radius 3 is 2.48 bits per heavy atom. The molecule has 0 fully saturated rings. The third kappa shape index (κ3) is 2.88. The molecule has 0 radical (unpaired) electrons. The number of ether oxygens (including phenoxy) is 2. The predicted octanol–water partition coefficient (Wildman–Crippen LogP) is 0.522. The number of nitrogens with one attached hydrogen (secondary N) is 1. The molecule has 2 atom stereocenters. The van der Waals surface area contributed by atoms with Gasteiger partial charge >= 0.3 is 11.9 Å². The van der Waals surface area contributed by atoms with Crippen LogP contribution in [0.15, 0.2) is 24.3 Å². The van der Waals surface area contributed by atoms with E-state index in [0.29, 0.717) is 11.1 Å². The molecule has 2 rings (SSSR count). The van der Waals surface area contributed by atoms with E-state index in [2.05, 4.69) is 14.5 Å². The van der Waals surface area contributed by atoms with Crippen molar-refractivity contribution in [3.63, 3.8) is 0 Å². The van der Waals surface area contributed by atoms with Crippen molar-refractivity contribution in [1.29, 1.82) is 0 Å². The van der Waals surface area contributed by atoms with Gasteiger partial charge in [0.1, 0.15) is 11.8 Å². The Bertz CT molecular complexity index is 677. The number of aromatic nitrogens is 1. The predicted molar refractivity (Wildman–Crippen MR) is 72.6 cm³/mol. The number of carbonyl (C=O) groups is 2. The van der Waals surface area contributed by atoms with Crippen LogP contribution >= 0.6 is 0 Å². The van der Waals surface area contributed by atoms with E-state index in [1.165, 1.54) is 7.11 Å². The summed E-state index contributed by atoms with van der Waals surface area (Å²) >= 11 is 0. The maximum absolute atomic E-state index is 11.4. The third-order valence-corrected chi connectivity index (χ3v) is 3.14. The van der Waals surface area contributed by atoms with Crippen LogP contribution in [0.5, 0.6) is 0 Å². The molecule has 0 saturated carbocycles. The Morgan fingerprint density at radius 2 is 1.86 bits per heavy atom. The van der Waals surface area contributed by atoms with Crippen LogP contribution < -0.4 is 0 Å². The third-order valence-electron chi connectivity index (χ3n) is 3.14. The molecule has 21 heavy (non-hydrogen) atoms. The van der Waals surface area contributed by atoms with Crippen molar-refractivity contribution in [2.75, 3.05) is 14.2 Å². The normalized spacial score (nSPS) is 13.7. The highest BCUT2D eigenvalue weighted by Gasteiger charge is 2.26. The van der Waals surface area contributed by atoms with E-state index in [1.807, 2.05) is 0 Å². The molecule has 3 N–H and O–H groups in total. The van der Waals surface area contributed by atoms with Gasteiger partial charge in [0.05, 0.1) is 14.2 Å². The summed E-state index contributed by atoms with van der Waals surface area (Å²) < 4.78 is 8.98. The first-order valence-electron chi connectivity index (χ1n) is 6.13. The van der Waals surface area contributed by atoms with Gasteiger partial charge in [-0.05, 0) is 17.7 Å². The molecule has 0 aliphatic carbocycles. The largest absolute Gasteiger partial charge is 0.467 e. The molecule has 0 amide bonds. The molecule has 2 unspecified atom stereocenters. The van der Waals surface area contributed by atoms with Gasteiger partial charge in [-0.3, -0.25) is 0 Å². The average Bonchev–Trinajstić information content (AvgIpc) is 2.94. The Morgan fingerprint density at radius 1 is 1.14 bits per heavy atom. The van der Waals surface area contributed by atoms with Crippen LogP contribution in [0, 0.1) is 0 Å². The highest BCUT2D eigenvalue weighted by molar-refractivity contribution is 5.94. The average molecular weight is 293 g/mol. The number of fused-ring (bicyclic) bond motifs is 1. The smallest absolute Gasteiger partial charge is 0.354 e. The number of rotatable bonds is 4. The van der Waals surface area contributed by atoms with E-state index in [1.54, 1.807) is 24.3 Å². The molecule has 0 saturated heterocycles. The highest BCUT2D eigenvalue weighted by atomic mass is 16.5. The molecular formula is C14H15NO6. The molecule has 112 valence electrons. The minimum absolute atomic E-state index is 0.271. The van der Waals surface area contributed by atoms with Gasteiger partial charge < -0.3 is 24.7 Å². The van der Waals surface area contributed by atoms with Crippen molar-refractivity contribution in [2.45, 2.75) is 12.2 Å². The second kappa shape index (κ2) is 5.94. The Hall–Kier alpha value is -2.38. The van der Waals surface area contributed by atoms with Crippen molar-refractivity contribution in [3.8, 4) is 0 Å². The number of esters is 2. The Kier molecular flexibility index (Phi) is 4.25. The number of methoxy groups -OCH3 is 2. The van der Waals surface area contributed by atoms with E-state index in [4.69, 9.17) is 0 Å². The lowest BCUT2D eigenvalue weighted by molar-refractivity contribution is -0.156. The lowest BCUT2D eigenvalue weighted by atomic mass is 10.0. The van der Waals surface area contributed by atoms with Crippen molar-refractivity contribution in [3.05, 3.63) is 35.5 Å². The van der Waals surface area contributed by atoms with Crippen molar-refractivity contribution >= 4 is 22.8 Å². The summed E-state index contributed by atoms with van der Waals surface area (Å²) in [6.45, 7) is 0. The summed E-state index contributed by atoms with van der Waals surface area (Å²) in [6.07, 6.45) is -3.10. The second-order valence-electron chi connectivity index (χ2n) is 4.43. The molecule has 1 heterocycles. The van der Waals surface area contributed by atoms with Crippen LogP contribution in [0.25, 0.3) is 10.9 Å². The molecule has 7 heteroatoms. The van der Waals surface area contributed by atoms with E-state index in [-0.39, 0.29) is 5.69 Å². The zero-order valence-electron chi connectivity index (χ0n) is 11.5. The van der Waals surface area contributed by atoms with Gasteiger partial charge in [0.15, 0.2) is 6.10 Å². The molecule has 1 aromatic heterocycles. The van der Waals surface area contributed by atoms with E-state index in [9.17, 15) is 19.8 Å². The van der Waals surface area contributed by atoms with Crippen LogP contribution in [-0.4, -0.2) is 47.5 Å². The lowest BCUT2D eigenvalue weighted by Crippen LogP contribution is -2.28. The van der Waals surface area contributed by atoms with Gasteiger partial charge in [-0.1, -0.05) is 12.1 Å². The van der Waals surface area contributed by atoms with Crippen molar-refractivity contribution in [1.82, 2.24) is 4.98 Å². The monoisotopic (exact) mass is 293 g/mol. The van der Waals surface area contributed by atoms with Gasteiger partial charge in [-0.15, -0.1) is 0 Å². The Labute approximate surface area is 120 Å². The zero-order chi connectivity index (χ0) is 15.6. The summed E-state index contributed by atoms with van der Waals surface area (Å²) in [5.74, 6) is -1.44. The molecule has 0 aliphatic rings. The topological polar surface area (TPSA) is 109 Å². The zero-order valence-corrected chi connectivity index (χ0v) is 11.5. The second-order valence-corrected chi connectivity index (χ2v) is 4.43. The van der Waals surface area contributed by atoms with Gasteiger partial charge in [0, 0.05) is 10.9 Å². The summed E-state index contributed by atoms with van der Waals surface area (Å²) in [5, 5.41) is 20.3. The number of hydrogen-bond acceptors (Lipinski definition) is 6. The number of aliphatic hydroxyl groups excluding tert-OH is 2. The van der Waals surface area contributed by atoms with Crippen molar-refractivity contribution < 1.29 is 29.3 Å². The van der Waals surface area contributed by atoms with Crippen LogP contribution in [0.3, 0.4) is 0 Å². The number of aliphatic hydroxyl groups is 2. The standard InChI is InChI=1S/C14H15NO6/c1-20-13(18)10-5-7-3-4-8(6-9(7)15-10)11(16)12(17)14(19)21-2/h3-6,11-12,15-17H,1-2H3. The maximum atomic E-state index is 11.4. The number of H-pyrrole nitrogens is 1. The molecule has 2 aromatic rings. The van der Waals surface area contributed by atoms with Crippen molar-refractivity contribution in [2.24, 2.45) is 0 Å². The first kappa shape index (κ1) is 15.0. The molecular weight excluding hydrogens is 278 g/mol. The van der Waals surface area contributed by atoms with Gasteiger partial charge in [-0.25, -0.2) is 9.59 Å². The van der Waals surface area contributed by atoms with Crippen LogP contribution in [0.4, 0.5) is 0 Å². The fourth-order valence-electron chi connectivity index (χ4n) is 1.98. The number of hydrogen-bond donors (Lipinski definition) is 3. The van der Waals surface area contributed by atoms with E-state index in [0.717, 1.165) is 12.5 Å². The van der Waals surface area contributed by atoms with Crippen LogP contribution in [0.1, 0.15) is 22.2 Å². The summed E-state index contributed by atoms with van der Waals surface area (Å²) in [6, 6.07) is 6.35. The van der Waals surface area contributed by atoms with Gasteiger partial charge in [0.25, 0.3) is 0 Å². The first-order valence-corrected chi connectivity index (χ1v) is 6.13. The molecule has 0 aliphatic heterocycles. The first-order chi connectivity index (χ1) is 9.97. The molecule has 0 bridgehead atoms. The summed E-state index contributed by atoms with van der Waals surface area (Å²) in [4.78, 5) is 25.5. The number of carbonyl (C=O) groups excluding carboxylic acids is 2. The van der Waals surface area contributed by atoms with Crippen LogP contribution in [-0.2, 0) is 14.3 Å². The highest BCUT2D eigenvalue weighted by Crippen LogP contribution is 2.23. The van der Waals surface area contributed by atoms with Gasteiger partial charge in [-0.2, -0.15) is 0 Å². The number of aromatic amines is 1. The fraction of sp³-hybridized carbons (Fsp3) is 0.286. The van der Waals surface area contributed by atoms with Crippen LogP contribution in [0.2, 0.25) is 0 Å². The molecule has 7 nitrogen and oxygen atoms in total. The number of benzene rings is 1. The minimum Gasteiger partial charge on any atom is -0.467 e. The molecule has 1 aromatic carbocycles. The SMILES string of the molecule is COC(=O)c1cc2ccc(C(O)C(O)C(=O)OC)cc2[nH]1. The minimum atomic E-state index is -1.68.